The SMILES string of the molecule is COc1ccccc1S(=O)O.O=C(c1ccc2nc(-c3cccc4ccccc34)[nH]c2c1)N1CCCCC1. The number of H-pyrrole nitrogens is 1. The average molecular weight is 528 g/mol. The van der Waals surface area contributed by atoms with Gasteiger partial charge in [-0.3, -0.25) is 4.79 Å². The number of nitrogens with zero attached hydrogens (tertiary/aromatic N) is 2. The van der Waals surface area contributed by atoms with Crippen molar-refractivity contribution in [3.63, 3.8) is 0 Å². The summed E-state index contributed by atoms with van der Waals surface area (Å²) in [5, 5.41) is 2.36. The monoisotopic (exact) mass is 527 g/mol. The normalized spacial score (nSPS) is 14.1. The van der Waals surface area contributed by atoms with Gasteiger partial charge in [-0.15, -0.1) is 0 Å². The van der Waals surface area contributed by atoms with E-state index in [9.17, 15) is 9.00 Å². The molecule has 1 unspecified atom stereocenters. The van der Waals surface area contributed by atoms with Gasteiger partial charge in [0.1, 0.15) is 16.5 Å². The smallest absolute Gasteiger partial charge is 0.253 e. The molecule has 0 bridgehead atoms. The van der Waals surface area contributed by atoms with Gasteiger partial charge < -0.3 is 19.2 Å². The fraction of sp³-hybridized carbons (Fsp3) is 0.200. The molecule has 1 fully saturated rings. The topological polar surface area (TPSA) is 95.5 Å². The van der Waals surface area contributed by atoms with Crippen molar-refractivity contribution in [1.29, 1.82) is 0 Å². The second-order valence-electron chi connectivity index (χ2n) is 9.10. The zero-order valence-corrected chi connectivity index (χ0v) is 21.9. The minimum Gasteiger partial charge on any atom is -0.495 e. The number of methoxy groups -OCH3 is 1. The highest BCUT2D eigenvalue weighted by Gasteiger charge is 2.19. The summed E-state index contributed by atoms with van der Waals surface area (Å²) >= 11 is -1.97. The van der Waals surface area contributed by atoms with Crippen molar-refractivity contribution < 1.29 is 18.3 Å². The minimum atomic E-state index is -1.97. The lowest BCUT2D eigenvalue weighted by Gasteiger charge is -2.26. The maximum absolute atomic E-state index is 12.8. The van der Waals surface area contributed by atoms with Crippen molar-refractivity contribution in [2.75, 3.05) is 20.2 Å². The third-order valence-corrected chi connectivity index (χ3v) is 7.39. The Morgan fingerprint density at radius 3 is 2.45 bits per heavy atom. The van der Waals surface area contributed by atoms with Gasteiger partial charge in [0.15, 0.2) is 11.1 Å². The highest BCUT2D eigenvalue weighted by atomic mass is 32.2. The van der Waals surface area contributed by atoms with Gasteiger partial charge in [-0.25, -0.2) is 9.19 Å². The van der Waals surface area contributed by atoms with Crippen LogP contribution in [0.5, 0.6) is 5.75 Å². The van der Waals surface area contributed by atoms with E-state index in [1.54, 1.807) is 24.3 Å². The number of fused-ring (bicyclic) bond motifs is 2. The molecule has 0 saturated carbocycles. The maximum Gasteiger partial charge on any atom is 0.253 e. The Hall–Kier alpha value is -4.01. The van der Waals surface area contributed by atoms with Crippen molar-refractivity contribution >= 4 is 38.8 Å². The lowest BCUT2D eigenvalue weighted by molar-refractivity contribution is 0.0724. The number of para-hydroxylation sites is 1. The Morgan fingerprint density at radius 1 is 0.947 bits per heavy atom. The summed E-state index contributed by atoms with van der Waals surface area (Å²) in [6, 6.07) is 27.0. The van der Waals surface area contributed by atoms with E-state index in [1.807, 2.05) is 35.2 Å². The Balaban J connectivity index is 0.000000226. The van der Waals surface area contributed by atoms with E-state index >= 15 is 0 Å². The van der Waals surface area contributed by atoms with Gasteiger partial charge in [0.05, 0.1) is 18.1 Å². The fourth-order valence-electron chi connectivity index (χ4n) is 4.74. The molecular formula is C30H29N3O4S. The number of ether oxygens (including phenoxy) is 1. The van der Waals surface area contributed by atoms with Gasteiger partial charge in [0, 0.05) is 24.2 Å². The number of hydrogen-bond acceptors (Lipinski definition) is 4. The lowest BCUT2D eigenvalue weighted by Crippen LogP contribution is -2.35. The number of hydrogen-bond donors (Lipinski definition) is 2. The number of rotatable bonds is 4. The Morgan fingerprint density at radius 2 is 1.68 bits per heavy atom. The van der Waals surface area contributed by atoms with Crippen LogP contribution in [0.3, 0.4) is 0 Å². The molecule has 0 aliphatic carbocycles. The predicted molar refractivity (Wildman–Crippen MR) is 151 cm³/mol. The maximum atomic E-state index is 12.8. The minimum absolute atomic E-state index is 0.123. The van der Waals surface area contributed by atoms with Crippen molar-refractivity contribution in [2.45, 2.75) is 24.2 Å². The molecule has 1 aliphatic heterocycles. The van der Waals surface area contributed by atoms with Crippen molar-refractivity contribution in [2.24, 2.45) is 0 Å². The number of piperidine rings is 1. The van der Waals surface area contributed by atoms with E-state index in [4.69, 9.17) is 14.3 Å². The second kappa shape index (κ2) is 11.6. The highest BCUT2D eigenvalue weighted by molar-refractivity contribution is 7.79. The first-order chi connectivity index (χ1) is 18.5. The molecule has 1 aliphatic rings. The number of likely N-dealkylation sites (tertiary alicyclic amines) is 1. The molecule has 5 aromatic rings. The molecule has 2 heterocycles. The van der Waals surface area contributed by atoms with Crippen LogP contribution >= 0.6 is 0 Å². The predicted octanol–water partition coefficient (Wildman–Crippen LogP) is 6.29. The van der Waals surface area contributed by atoms with E-state index in [2.05, 4.69) is 35.3 Å². The molecule has 8 heteroatoms. The zero-order chi connectivity index (χ0) is 26.5. The second-order valence-corrected chi connectivity index (χ2v) is 10.0. The first kappa shape index (κ1) is 25.6. The standard InChI is InChI=1S/C23H21N3O.C7H8O3S/c27-23(26-13-4-1-5-14-26)17-11-12-20-21(15-17)25-22(24-20)19-10-6-8-16-7-2-3-9-18(16)19;1-10-6-4-2-3-5-7(6)11(8)9/h2-3,6-12,15H,1,4-5,13-14H2,(H,24,25);2-5H,1H3,(H,8,9). The summed E-state index contributed by atoms with van der Waals surface area (Å²) < 4.78 is 24.2. The number of amides is 1. The molecule has 194 valence electrons. The van der Waals surface area contributed by atoms with Crippen LogP contribution < -0.4 is 4.74 Å². The lowest BCUT2D eigenvalue weighted by atomic mass is 10.0. The van der Waals surface area contributed by atoms with Crippen LogP contribution in [0.15, 0.2) is 89.8 Å². The Labute approximate surface area is 223 Å². The van der Waals surface area contributed by atoms with E-state index in [0.29, 0.717) is 10.6 Å². The van der Waals surface area contributed by atoms with E-state index in [-0.39, 0.29) is 5.91 Å². The Bertz CT molecular complexity index is 1600. The molecule has 6 rings (SSSR count). The van der Waals surface area contributed by atoms with Crippen LogP contribution in [0.2, 0.25) is 0 Å². The van der Waals surface area contributed by atoms with Gasteiger partial charge in [-0.1, -0.05) is 54.6 Å². The van der Waals surface area contributed by atoms with E-state index in [0.717, 1.165) is 53.9 Å². The van der Waals surface area contributed by atoms with E-state index in [1.165, 1.54) is 24.3 Å². The molecule has 1 amide bonds. The van der Waals surface area contributed by atoms with Crippen molar-refractivity contribution in [1.82, 2.24) is 14.9 Å². The highest BCUT2D eigenvalue weighted by Crippen LogP contribution is 2.29. The number of aromatic amines is 1. The summed E-state index contributed by atoms with van der Waals surface area (Å²) in [5.41, 5.74) is 3.60. The first-order valence-electron chi connectivity index (χ1n) is 12.6. The van der Waals surface area contributed by atoms with Crippen LogP contribution in [0.4, 0.5) is 0 Å². The molecule has 7 nitrogen and oxygen atoms in total. The summed E-state index contributed by atoms with van der Waals surface area (Å²) in [5.74, 6) is 1.40. The van der Waals surface area contributed by atoms with E-state index < -0.39 is 11.1 Å². The number of carbonyl (C=O) groups excluding carboxylic acids is 1. The van der Waals surface area contributed by atoms with Crippen molar-refractivity contribution in [3.05, 3.63) is 90.5 Å². The molecule has 1 aromatic heterocycles. The number of carbonyl (C=O) groups is 1. The third kappa shape index (κ3) is 5.46. The van der Waals surface area contributed by atoms with Gasteiger partial charge in [-0.2, -0.15) is 0 Å². The molecule has 4 aromatic carbocycles. The summed E-state index contributed by atoms with van der Waals surface area (Å²) in [7, 11) is 1.46. The van der Waals surface area contributed by atoms with Crippen LogP contribution in [-0.2, 0) is 11.1 Å². The van der Waals surface area contributed by atoms with Crippen LogP contribution in [0.25, 0.3) is 33.2 Å². The number of benzene rings is 4. The molecular weight excluding hydrogens is 498 g/mol. The fourth-order valence-corrected chi connectivity index (χ4v) is 5.26. The molecule has 2 N–H and O–H groups in total. The van der Waals surface area contributed by atoms with Gasteiger partial charge in [0.2, 0.25) is 0 Å². The summed E-state index contributed by atoms with van der Waals surface area (Å²) in [6.45, 7) is 1.72. The largest absolute Gasteiger partial charge is 0.495 e. The Kier molecular flexibility index (Phi) is 7.81. The molecule has 1 atom stereocenters. The van der Waals surface area contributed by atoms with Gasteiger partial charge in [-0.05, 0) is 60.4 Å². The van der Waals surface area contributed by atoms with Gasteiger partial charge >= 0.3 is 0 Å². The molecule has 0 radical (unpaired) electrons. The molecule has 1 saturated heterocycles. The first-order valence-corrected chi connectivity index (χ1v) is 13.7. The van der Waals surface area contributed by atoms with Crippen molar-refractivity contribution in [3.8, 4) is 17.1 Å². The summed E-state index contributed by atoms with van der Waals surface area (Å²) in [6.07, 6.45) is 3.42. The molecule has 38 heavy (non-hydrogen) atoms. The van der Waals surface area contributed by atoms with Crippen LogP contribution in [0.1, 0.15) is 29.6 Å². The van der Waals surface area contributed by atoms with Crippen LogP contribution in [0, 0.1) is 0 Å². The number of nitrogens with one attached hydrogen (secondary N) is 1. The average Bonchev–Trinajstić information content (AvgIpc) is 3.40. The quantitative estimate of drug-likeness (QED) is 0.268. The number of aromatic nitrogens is 2. The summed E-state index contributed by atoms with van der Waals surface area (Å²) in [4.78, 5) is 23.2. The number of imidazole rings is 1. The zero-order valence-electron chi connectivity index (χ0n) is 21.1. The third-order valence-electron chi connectivity index (χ3n) is 6.67. The van der Waals surface area contributed by atoms with Crippen LogP contribution in [-0.4, -0.2) is 49.7 Å². The molecule has 0 spiro atoms. The van der Waals surface area contributed by atoms with Gasteiger partial charge in [0.25, 0.3) is 5.91 Å².